The molecule has 2 aromatic carbocycles. The van der Waals surface area contributed by atoms with E-state index >= 15 is 0 Å². The Hall–Kier alpha value is -2.41. The molecule has 0 atom stereocenters. The molecule has 0 bridgehead atoms. The van der Waals surface area contributed by atoms with E-state index in [1.165, 1.54) is 6.07 Å². The number of aryl methyl sites for hydroxylation is 1. The van der Waals surface area contributed by atoms with Crippen LogP contribution in [0.3, 0.4) is 0 Å². The first kappa shape index (κ1) is 18.4. The van der Waals surface area contributed by atoms with Crippen molar-refractivity contribution >= 4 is 33.2 Å². The SMILES string of the molecule is Cc1ccccc1CC(=O)N1CCN(c2ccc(Br)cc2[N+](=O)[O-])CC1. The number of piperazine rings is 1. The molecule has 26 heavy (non-hydrogen) atoms. The summed E-state index contributed by atoms with van der Waals surface area (Å²) in [6.07, 6.45) is 0.394. The summed E-state index contributed by atoms with van der Waals surface area (Å²) in [5.41, 5.74) is 2.84. The van der Waals surface area contributed by atoms with Gasteiger partial charge in [0.15, 0.2) is 0 Å². The molecular weight excluding hydrogens is 398 g/mol. The fourth-order valence-corrected chi connectivity index (χ4v) is 3.54. The van der Waals surface area contributed by atoms with Crippen molar-refractivity contribution in [3.63, 3.8) is 0 Å². The van der Waals surface area contributed by atoms with E-state index in [2.05, 4.69) is 15.9 Å². The zero-order valence-corrected chi connectivity index (χ0v) is 16.1. The summed E-state index contributed by atoms with van der Waals surface area (Å²) in [4.78, 5) is 27.3. The van der Waals surface area contributed by atoms with Crippen molar-refractivity contribution in [2.24, 2.45) is 0 Å². The summed E-state index contributed by atoms with van der Waals surface area (Å²) in [5.74, 6) is 0.101. The molecule has 0 radical (unpaired) electrons. The van der Waals surface area contributed by atoms with E-state index in [0.717, 1.165) is 11.1 Å². The Bertz CT molecular complexity index is 833. The number of benzene rings is 2. The predicted molar refractivity (Wildman–Crippen MR) is 104 cm³/mol. The molecule has 0 saturated carbocycles. The van der Waals surface area contributed by atoms with Gasteiger partial charge in [0.05, 0.1) is 11.3 Å². The second-order valence-electron chi connectivity index (χ2n) is 6.36. The highest BCUT2D eigenvalue weighted by Crippen LogP contribution is 2.31. The lowest BCUT2D eigenvalue weighted by Crippen LogP contribution is -2.49. The maximum atomic E-state index is 12.6. The van der Waals surface area contributed by atoms with Crippen molar-refractivity contribution in [1.29, 1.82) is 0 Å². The van der Waals surface area contributed by atoms with Crippen LogP contribution < -0.4 is 4.90 Å². The fraction of sp³-hybridized carbons (Fsp3) is 0.316. The van der Waals surface area contributed by atoms with E-state index in [9.17, 15) is 14.9 Å². The minimum Gasteiger partial charge on any atom is -0.362 e. The second-order valence-corrected chi connectivity index (χ2v) is 7.28. The minimum absolute atomic E-state index is 0.0825. The molecule has 1 aliphatic rings. The maximum absolute atomic E-state index is 12.6. The van der Waals surface area contributed by atoms with Crippen molar-refractivity contribution in [1.82, 2.24) is 4.90 Å². The van der Waals surface area contributed by atoms with Gasteiger partial charge in [0.25, 0.3) is 5.69 Å². The quantitative estimate of drug-likeness (QED) is 0.563. The van der Waals surface area contributed by atoms with Crippen molar-refractivity contribution < 1.29 is 9.72 Å². The fourth-order valence-electron chi connectivity index (χ4n) is 3.19. The summed E-state index contributed by atoms with van der Waals surface area (Å²) in [6.45, 7) is 4.31. The van der Waals surface area contributed by atoms with E-state index in [-0.39, 0.29) is 16.5 Å². The molecule has 0 aliphatic carbocycles. The van der Waals surface area contributed by atoms with E-state index in [1.54, 1.807) is 12.1 Å². The topological polar surface area (TPSA) is 66.7 Å². The molecule has 1 amide bonds. The maximum Gasteiger partial charge on any atom is 0.293 e. The molecule has 1 aliphatic heterocycles. The van der Waals surface area contributed by atoms with E-state index in [0.29, 0.717) is 42.8 Å². The number of anilines is 1. The second kappa shape index (κ2) is 7.86. The highest BCUT2D eigenvalue weighted by Gasteiger charge is 2.26. The van der Waals surface area contributed by atoms with Crippen LogP contribution in [-0.4, -0.2) is 41.9 Å². The first-order valence-corrected chi connectivity index (χ1v) is 9.26. The zero-order valence-electron chi connectivity index (χ0n) is 14.5. The molecule has 3 rings (SSSR count). The van der Waals surface area contributed by atoms with Gasteiger partial charge < -0.3 is 9.80 Å². The molecule has 2 aromatic rings. The molecule has 136 valence electrons. The van der Waals surface area contributed by atoms with Crippen LogP contribution >= 0.6 is 15.9 Å². The monoisotopic (exact) mass is 417 g/mol. The van der Waals surface area contributed by atoms with Gasteiger partial charge in [-0.05, 0) is 30.2 Å². The number of hydrogen-bond donors (Lipinski definition) is 0. The van der Waals surface area contributed by atoms with E-state index < -0.39 is 0 Å². The van der Waals surface area contributed by atoms with Gasteiger partial charge in [-0.25, -0.2) is 0 Å². The Morgan fingerprint density at radius 1 is 1.15 bits per heavy atom. The van der Waals surface area contributed by atoms with Crippen LogP contribution in [0.4, 0.5) is 11.4 Å². The summed E-state index contributed by atoms with van der Waals surface area (Å²) in [7, 11) is 0. The van der Waals surface area contributed by atoms with Crippen molar-refractivity contribution in [3.05, 3.63) is 68.2 Å². The number of carbonyl (C=O) groups is 1. The number of amides is 1. The Balaban J connectivity index is 1.65. The Morgan fingerprint density at radius 2 is 1.85 bits per heavy atom. The molecule has 0 spiro atoms. The number of hydrogen-bond acceptors (Lipinski definition) is 4. The van der Waals surface area contributed by atoms with Crippen LogP contribution in [0.5, 0.6) is 0 Å². The van der Waals surface area contributed by atoms with Crippen LogP contribution in [0.1, 0.15) is 11.1 Å². The first-order valence-electron chi connectivity index (χ1n) is 8.47. The number of nitrogens with zero attached hydrogens (tertiary/aromatic N) is 3. The molecule has 7 heteroatoms. The molecule has 1 fully saturated rings. The lowest BCUT2D eigenvalue weighted by molar-refractivity contribution is -0.384. The summed E-state index contributed by atoms with van der Waals surface area (Å²) >= 11 is 3.28. The Kier molecular flexibility index (Phi) is 5.56. The summed E-state index contributed by atoms with van der Waals surface area (Å²) in [5, 5.41) is 11.3. The normalized spacial score (nSPS) is 14.4. The van der Waals surface area contributed by atoms with Crippen LogP contribution in [-0.2, 0) is 11.2 Å². The standard InChI is InChI=1S/C19H20BrN3O3/c1-14-4-2-3-5-15(14)12-19(24)22-10-8-21(9-11-22)17-7-6-16(20)13-18(17)23(25)26/h2-7,13H,8-12H2,1H3. The molecule has 1 heterocycles. The largest absolute Gasteiger partial charge is 0.362 e. The smallest absolute Gasteiger partial charge is 0.293 e. The molecule has 0 N–H and O–H groups in total. The predicted octanol–water partition coefficient (Wildman–Crippen LogP) is 3.56. The van der Waals surface area contributed by atoms with Gasteiger partial charge in [-0.15, -0.1) is 0 Å². The molecule has 6 nitrogen and oxygen atoms in total. The number of carbonyl (C=O) groups excluding carboxylic acids is 1. The van der Waals surface area contributed by atoms with Crippen LogP contribution in [0.2, 0.25) is 0 Å². The third-order valence-corrected chi connectivity index (χ3v) is 5.20. The molecular formula is C19H20BrN3O3. The highest BCUT2D eigenvalue weighted by atomic mass is 79.9. The van der Waals surface area contributed by atoms with E-state index in [1.807, 2.05) is 41.0 Å². The van der Waals surface area contributed by atoms with Gasteiger partial charge in [0.1, 0.15) is 5.69 Å². The van der Waals surface area contributed by atoms with Crippen LogP contribution in [0.25, 0.3) is 0 Å². The Morgan fingerprint density at radius 3 is 2.50 bits per heavy atom. The summed E-state index contributed by atoms with van der Waals surface area (Å²) in [6, 6.07) is 13.0. The number of halogens is 1. The lowest BCUT2D eigenvalue weighted by Gasteiger charge is -2.36. The van der Waals surface area contributed by atoms with Crippen molar-refractivity contribution in [2.45, 2.75) is 13.3 Å². The Labute approximate surface area is 160 Å². The zero-order chi connectivity index (χ0) is 18.7. The van der Waals surface area contributed by atoms with Crippen molar-refractivity contribution in [3.8, 4) is 0 Å². The van der Waals surface area contributed by atoms with Gasteiger partial charge in [-0.3, -0.25) is 14.9 Å². The van der Waals surface area contributed by atoms with Gasteiger partial charge >= 0.3 is 0 Å². The number of rotatable bonds is 4. The van der Waals surface area contributed by atoms with Gasteiger partial charge in [0.2, 0.25) is 5.91 Å². The van der Waals surface area contributed by atoms with Gasteiger partial charge in [0, 0.05) is 36.7 Å². The summed E-state index contributed by atoms with van der Waals surface area (Å²) < 4.78 is 0.681. The molecule has 0 aromatic heterocycles. The molecule has 1 saturated heterocycles. The third-order valence-electron chi connectivity index (χ3n) is 4.71. The van der Waals surface area contributed by atoms with Gasteiger partial charge in [-0.1, -0.05) is 40.2 Å². The first-order chi connectivity index (χ1) is 12.5. The number of nitro benzene ring substituents is 1. The average molecular weight is 418 g/mol. The third kappa shape index (κ3) is 4.04. The molecule has 0 unspecified atom stereocenters. The lowest BCUT2D eigenvalue weighted by atomic mass is 10.1. The van der Waals surface area contributed by atoms with Crippen molar-refractivity contribution in [2.75, 3.05) is 31.1 Å². The average Bonchev–Trinajstić information content (AvgIpc) is 2.63. The van der Waals surface area contributed by atoms with Gasteiger partial charge in [-0.2, -0.15) is 0 Å². The van der Waals surface area contributed by atoms with E-state index in [4.69, 9.17) is 0 Å². The number of nitro groups is 1. The van der Waals surface area contributed by atoms with Crippen LogP contribution in [0.15, 0.2) is 46.9 Å². The minimum atomic E-state index is -0.365. The van der Waals surface area contributed by atoms with Crippen LogP contribution in [0, 0.1) is 17.0 Å². The highest BCUT2D eigenvalue weighted by molar-refractivity contribution is 9.10.